The second kappa shape index (κ2) is 12.9. The molecule has 0 radical (unpaired) electrons. The first kappa shape index (κ1) is 23.8. The van der Waals surface area contributed by atoms with Gasteiger partial charge in [0.1, 0.15) is 12.4 Å². The summed E-state index contributed by atoms with van der Waals surface area (Å²) in [5, 5.41) is 8.80. The van der Waals surface area contributed by atoms with Crippen LogP contribution in [0.4, 0.5) is 11.4 Å². The molecule has 172 valence electrons. The van der Waals surface area contributed by atoms with Crippen molar-refractivity contribution in [3.8, 4) is 5.75 Å². The predicted molar refractivity (Wildman–Crippen MR) is 130 cm³/mol. The van der Waals surface area contributed by atoms with Crippen LogP contribution < -0.4 is 20.7 Å². The first-order valence-corrected chi connectivity index (χ1v) is 10.9. The summed E-state index contributed by atoms with van der Waals surface area (Å²) >= 11 is 0. The van der Waals surface area contributed by atoms with E-state index in [2.05, 4.69) is 16.0 Å². The van der Waals surface area contributed by atoms with Crippen molar-refractivity contribution in [2.75, 3.05) is 37.0 Å². The Bertz CT molecular complexity index is 1040. The molecule has 0 aliphatic carbocycles. The SMILES string of the molecule is CCOCCOc1ccccc1NCC(=O)Nc1cccc(C(=O)NCc2ccccc2)c1. The molecule has 0 spiro atoms. The molecule has 0 atom stereocenters. The molecule has 3 N–H and O–H groups in total. The molecule has 0 saturated heterocycles. The van der Waals surface area contributed by atoms with E-state index in [-0.39, 0.29) is 18.4 Å². The topological polar surface area (TPSA) is 88.7 Å². The maximum Gasteiger partial charge on any atom is 0.251 e. The fourth-order valence-electron chi connectivity index (χ4n) is 3.09. The third kappa shape index (κ3) is 7.97. The lowest BCUT2D eigenvalue weighted by molar-refractivity contribution is -0.114. The van der Waals surface area contributed by atoms with Crippen molar-refractivity contribution in [1.29, 1.82) is 0 Å². The lowest BCUT2D eigenvalue weighted by Gasteiger charge is -2.13. The molecule has 33 heavy (non-hydrogen) atoms. The summed E-state index contributed by atoms with van der Waals surface area (Å²) in [6.45, 7) is 3.99. The summed E-state index contributed by atoms with van der Waals surface area (Å²) in [5.74, 6) is 0.217. The van der Waals surface area contributed by atoms with Crippen LogP contribution in [0.2, 0.25) is 0 Å². The maximum absolute atomic E-state index is 12.5. The van der Waals surface area contributed by atoms with Crippen LogP contribution in [-0.4, -0.2) is 38.2 Å². The van der Waals surface area contributed by atoms with Crippen LogP contribution in [0.1, 0.15) is 22.8 Å². The summed E-state index contributed by atoms with van der Waals surface area (Å²) in [4.78, 5) is 24.9. The van der Waals surface area contributed by atoms with E-state index in [9.17, 15) is 9.59 Å². The second-order valence-corrected chi connectivity index (χ2v) is 7.19. The van der Waals surface area contributed by atoms with Crippen LogP contribution in [0.25, 0.3) is 0 Å². The van der Waals surface area contributed by atoms with Crippen molar-refractivity contribution in [2.24, 2.45) is 0 Å². The average molecular weight is 448 g/mol. The lowest BCUT2D eigenvalue weighted by atomic mass is 10.1. The smallest absolute Gasteiger partial charge is 0.251 e. The fraction of sp³-hybridized carbons (Fsp3) is 0.231. The summed E-state index contributed by atoms with van der Waals surface area (Å²) in [5.41, 5.74) is 2.77. The number of anilines is 2. The number of para-hydroxylation sites is 2. The molecule has 0 saturated carbocycles. The van der Waals surface area contributed by atoms with Gasteiger partial charge in [-0.1, -0.05) is 48.5 Å². The third-order valence-corrected chi connectivity index (χ3v) is 4.72. The Hall–Kier alpha value is -3.84. The second-order valence-electron chi connectivity index (χ2n) is 7.19. The van der Waals surface area contributed by atoms with Gasteiger partial charge in [0.25, 0.3) is 5.91 Å². The average Bonchev–Trinajstić information content (AvgIpc) is 2.85. The summed E-state index contributed by atoms with van der Waals surface area (Å²) in [6.07, 6.45) is 0. The minimum atomic E-state index is -0.235. The Balaban J connectivity index is 1.50. The zero-order valence-corrected chi connectivity index (χ0v) is 18.7. The molecule has 0 aromatic heterocycles. The van der Waals surface area contributed by atoms with Crippen LogP contribution in [0.3, 0.4) is 0 Å². The maximum atomic E-state index is 12.5. The molecular weight excluding hydrogens is 418 g/mol. The van der Waals surface area contributed by atoms with Crippen LogP contribution >= 0.6 is 0 Å². The van der Waals surface area contributed by atoms with Gasteiger partial charge in [-0.15, -0.1) is 0 Å². The highest BCUT2D eigenvalue weighted by molar-refractivity contribution is 5.98. The molecule has 7 heteroatoms. The third-order valence-electron chi connectivity index (χ3n) is 4.72. The van der Waals surface area contributed by atoms with Gasteiger partial charge in [0.05, 0.1) is 18.8 Å². The summed E-state index contributed by atoms with van der Waals surface area (Å²) in [6, 6.07) is 24.0. The fourth-order valence-corrected chi connectivity index (χ4v) is 3.09. The van der Waals surface area contributed by atoms with Crippen LogP contribution in [0.5, 0.6) is 5.75 Å². The Labute approximate surface area is 194 Å². The number of hydrogen-bond donors (Lipinski definition) is 3. The molecule has 0 heterocycles. The van der Waals surface area contributed by atoms with Crippen molar-refractivity contribution < 1.29 is 19.1 Å². The normalized spacial score (nSPS) is 10.3. The van der Waals surface area contributed by atoms with Gasteiger partial charge < -0.3 is 25.4 Å². The number of amides is 2. The van der Waals surface area contributed by atoms with E-state index >= 15 is 0 Å². The lowest BCUT2D eigenvalue weighted by Crippen LogP contribution is -2.24. The first-order valence-electron chi connectivity index (χ1n) is 10.9. The number of rotatable bonds is 12. The monoisotopic (exact) mass is 447 g/mol. The van der Waals surface area contributed by atoms with Gasteiger partial charge in [0, 0.05) is 24.4 Å². The highest BCUT2D eigenvalue weighted by Crippen LogP contribution is 2.23. The van der Waals surface area contributed by atoms with Gasteiger partial charge in [0.15, 0.2) is 0 Å². The zero-order chi connectivity index (χ0) is 23.3. The zero-order valence-electron chi connectivity index (χ0n) is 18.7. The Morgan fingerprint density at radius 1 is 0.879 bits per heavy atom. The molecule has 7 nitrogen and oxygen atoms in total. The molecule has 0 unspecified atom stereocenters. The number of hydrogen-bond acceptors (Lipinski definition) is 5. The van der Waals surface area contributed by atoms with Gasteiger partial charge in [-0.05, 0) is 42.8 Å². The standard InChI is InChI=1S/C26H29N3O4/c1-2-32-15-16-33-24-14-7-6-13-23(24)27-19-25(30)29-22-12-8-11-21(17-22)26(31)28-18-20-9-4-3-5-10-20/h3-14,17,27H,2,15-16,18-19H2,1H3,(H,28,31)(H,29,30). The molecular formula is C26H29N3O4. The molecule has 0 aliphatic rings. The van der Waals surface area contributed by atoms with E-state index in [0.29, 0.717) is 43.4 Å². The first-order chi connectivity index (χ1) is 16.2. The number of ether oxygens (including phenoxy) is 2. The van der Waals surface area contributed by atoms with Crippen LogP contribution in [0.15, 0.2) is 78.9 Å². The van der Waals surface area contributed by atoms with Crippen molar-refractivity contribution in [3.63, 3.8) is 0 Å². The highest BCUT2D eigenvalue weighted by atomic mass is 16.5. The minimum absolute atomic E-state index is 0.0518. The largest absolute Gasteiger partial charge is 0.489 e. The summed E-state index contributed by atoms with van der Waals surface area (Å²) in [7, 11) is 0. The van der Waals surface area contributed by atoms with Gasteiger partial charge in [-0.3, -0.25) is 9.59 Å². The quantitative estimate of drug-likeness (QED) is 0.364. The van der Waals surface area contributed by atoms with Gasteiger partial charge in [-0.25, -0.2) is 0 Å². The highest BCUT2D eigenvalue weighted by Gasteiger charge is 2.09. The number of carbonyl (C=O) groups excluding carboxylic acids is 2. The van der Waals surface area contributed by atoms with E-state index < -0.39 is 0 Å². The number of nitrogens with one attached hydrogen (secondary N) is 3. The van der Waals surface area contributed by atoms with E-state index in [1.807, 2.05) is 61.5 Å². The predicted octanol–water partition coefficient (Wildman–Crippen LogP) is 4.08. The van der Waals surface area contributed by atoms with Crippen molar-refractivity contribution >= 4 is 23.2 Å². The van der Waals surface area contributed by atoms with E-state index in [1.54, 1.807) is 24.3 Å². The van der Waals surface area contributed by atoms with Crippen molar-refractivity contribution in [2.45, 2.75) is 13.5 Å². The molecule has 3 rings (SSSR count). The van der Waals surface area contributed by atoms with E-state index in [1.165, 1.54) is 0 Å². The molecule has 0 aliphatic heterocycles. The van der Waals surface area contributed by atoms with E-state index in [0.717, 1.165) is 11.3 Å². The Kier molecular flexibility index (Phi) is 9.29. The summed E-state index contributed by atoms with van der Waals surface area (Å²) < 4.78 is 11.0. The Morgan fingerprint density at radius 3 is 2.48 bits per heavy atom. The van der Waals surface area contributed by atoms with E-state index in [4.69, 9.17) is 9.47 Å². The molecule has 3 aromatic carbocycles. The van der Waals surface area contributed by atoms with Gasteiger partial charge in [0.2, 0.25) is 5.91 Å². The Morgan fingerprint density at radius 2 is 1.67 bits per heavy atom. The molecule has 2 amide bonds. The van der Waals surface area contributed by atoms with Crippen molar-refractivity contribution in [3.05, 3.63) is 90.0 Å². The molecule has 0 bridgehead atoms. The molecule has 3 aromatic rings. The minimum Gasteiger partial charge on any atom is -0.489 e. The number of carbonyl (C=O) groups is 2. The van der Waals surface area contributed by atoms with Gasteiger partial charge in [-0.2, -0.15) is 0 Å². The molecule has 0 fully saturated rings. The number of benzene rings is 3. The van der Waals surface area contributed by atoms with Crippen LogP contribution in [0, 0.1) is 0 Å². The van der Waals surface area contributed by atoms with Crippen LogP contribution in [-0.2, 0) is 16.1 Å². The van der Waals surface area contributed by atoms with Crippen molar-refractivity contribution in [1.82, 2.24) is 5.32 Å². The van der Waals surface area contributed by atoms with Gasteiger partial charge >= 0.3 is 0 Å².